The number of benzene rings is 1. The Balaban J connectivity index is 1.79. The number of aromatic nitrogens is 1. The zero-order valence-corrected chi connectivity index (χ0v) is 15.5. The highest BCUT2D eigenvalue weighted by Gasteiger charge is 2.46. The molecule has 0 spiro atoms. The lowest BCUT2D eigenvalue weighted by molar-refractivity contribution is -0.137. The zero-order chi connectivity index (χ0) is 20.7. The summed E-state index contributed by atoms with van der Waals surface area (Å²) < 4.78 is 53.9. The molecule has 150 valence electrons. The van der Waals surface area contributed by atoms with Crippen LogP contribution in [0.25, 0.3) is 0 Å². The van der Waals surface area contributed by atoms with E-state index in [0.717, 1.165) is 18.2 Å². The van der Waals surface area contributed by atoms with Crippen molar-refractivity contribution in [2.24, 2.45) is 5.73 Å². The van der Waals surface area contributed by atoms with Crippen molar-refractivity contribution >= 4 is 28.9 Å². The van der Waals surface area contributed by atoms with Crippen molar-refractivity contribution in [2.45, 2.75) is 37.5 Å². The predicted molar refractivity (Wildman–Crippen MR) is 96.6 cm³/mol. The Morgan fingerprint density at radius 2 is 2.00 bits per heavy atom. The first-order valence-electron chi connectivity index (χ1n) is 8.39. The highest BCUT2D eigenvalue weighted by Crippen LogP contribution is 2.38. The lowest BCUT2D eigenvalue weighted by Crippen LogP contribution is -2.43. The molecule has 0 saturated heterocycles. The second-order valence-electron chi connectivity index (χ2n) is 6.76. The normalized spacial score (nSPS) is 16.4. The van der Waals surface area contributed by atoms with E-state index in [9.17, 15) is 22.4 Å². The van der Waals surface area contributed by atoms with Crippen molar-refractivity contribution in [1.82, 2.24) is 10.3 Å². The number of rotatable bonds is 5. The van der Waals surface area contributed by atoms with Crippen LogP contribution in [-0.2, 0) is 11.0 Å². The first kappa shape index (κ1) is 20.3. The Morgan fingerprint density at radius 3 is 2.57 bits per heavy atom. The highest BCUT2D eigenvalue weighted by molar-refractivity contribution is 6.30. The van der Waals surface area contributed by atoms with Gasteiger partial charge in [-0.05, 0) is 38.0 Å². The minimum absolute atomic E-state index is 0.0186. The molecule has 1 unspecified atom stereocenters. The number of carbonyl (C=O) groups excluding carboxylic acids is 1. The van der Waals surface area contributed by atoms with Gasteiger partial charge in [-0.3, -0.25) is 9.78 Å². The lowest BCUT2D eigenvalue weighted by atomic mass is 10.1. The molecule has 3 rings (SSSR count). The summed E-state index contributed by atoms with van der Waals surface area (Å²) in [4.78, 5) is 15.9. The van der Waals surface area contributed by atoms with E-state index in [-0.39, 0.29) is 28.0 Å². The van der Waals surface area contributed by atoms with E-state index in [4.69, 9.17) is 17.3 Å². The van der Waals surface area contributed by atoms with Gasteiger partial charge in [0.25, 0.3) is 0 Å². The van der Waals surface area contributed by atoms with Gasteiger partial charge in [-0.1, -0.05) is 11.6 Å². The van der Waals surface area contributed by atoms with E-state index in [1.54, 1.807) is 6.92 Å². The van der Waals surface area contributed by atoms with Crippen LogP contribution in [0.3, 0.4) is 0 Å². The Labute approximate surface area is 163 Å². The van der Waals surface area contributed by atoms with Gasteiger partial charge in [-0.15, -0.1) is 0 Å². The summed E-state index contributed by atoms with van der Waals surface area (Å²) in [5.74, 6) is -1.17. The van der Waals surface area contributed by atoms with Gasteiger partial charge in [-0.25, -0.2) is 4.39 Å². The summed E-state index contributed by atoms with van der Waals surface area (Å²) in [6, 6.07) is 3.48. The molecule has 1 aliphatic rings. The molecule has 0 radical (unpaired) electrons. The number of hydrogen-bond donors (Lipinski definition) is 3. The fourth-order valence-corrected chi connectivity index (χ4v) is 2.79. The van der Waals surface area contributed by atoms with Gasteiger partial charge in [0.2, 0.25) is 5.91 Å². The van der Waals surface area contributed by atoms with E-state index in [2.05, 4.69) is 15.6 Å². The average Bonchev–Trinajstić information content (AvgIpc) is 3.34. The number of carbonyl (C=O) groups is 1. The van der Waals surface area contributed by atoms with E-state index >= 15 is 0 Å². The van der Waals surface area contributed by atoms with Crippen LogP contribution >= 0.6 is 11.6 Å². The monoisotopic (exact) mass is 416 g/mol. The molecule has 1 amide bonds. The third kappa shape index (κ3) is 4.36. The number of halogens is 5. The number of nitrogens with zero attached hydrogens (tertiary/aromatic N) is 1. The van der Waals surface area contributed by atoms with Crippen LogP contribution in [0.2, 0.25) is 5.02 Å². The molecule has 0 aliphatic heterocycles. The van der Waals surface area contributed by atoms with E-state index in [1.807, 2.05) is 0 Å². The second kappa shape index (κ2) is 7.21. The summed E-state index contributed by atoms with van der Waals surface area (Å²) in [5.41, 5.74) is 3.58. The number of alkyl halides is 3. The molecule has 5 nitrogen and oxygen atoms in total. The molecule has 28 heavy (non-hydrogen) atoms. The van der Waals surface area contributed by atoms with E-state index < -0.39 is 29.1 Å². The molecule has 2 aromatic rings. The minimum Gasteiger partial charge on any atom is -0.354 e. The Bertz CT molecular complexity index is 915. The molecule has 1 heterocycles. The number of nitrogens with one attached hydrogen (secondary N) is 2. The largest absolute Gasteiger partial charge is 0.418 e. The third-order valence-corrected chi connectivity index (χ3v) is 4.67. The van der Waals surface area contributed by atoms with Gasteiger partial charge < -0.3 is 16.4 Å². The molecule has 10 heteroatoms. The first-order valence-corrected chi connectivity index (χ1v) is 8.76. The quantitative estimate of drug-likeness (QED) is 0.635. The molecule has 0 bridgehead atoms. The highest BCUT2D eigenvalue weighted by atomic mass is 35.5. The van der Waals surface area contributed by atoms with Gasteiger partial charge in [0.15, 0.2) is 0 Å². The van der Waals surface area contributed by atoms with Gasteiger partial charge in [0.1, 0.15) is 5.82 Å². The molecular formula is C18H17ClF4N4O. The number of nitrogens with two attached hydrogens (primary N) is 1. The SMILES string of the molecule is CC(NC(=O)C1(N)CC1)c1ncc(Nc2ccc(Cl)cc2C(F)(F)F)cc1F. The molecule has 4 N–H and O–H groups in total. The topological polar surface area (TPSA) is 80.0 Å². The van der Waals surface area contributed by atoms with Gasteiger partial charge in [0.05, 0.1) is 40.4 Å². The number of amides is 1. The summed E-state index contributed by atoms with van der Waals surface area (Å²) in [6.45, 7) is 1.54. The first-order chi connectivity index (χ1) is 13.0. The van der Waals surface area contributed by atoms with Crippen molar-refractivity contribution in [3.63, 3.8) is 0 Å². The molecule has 1 aliphatic carbocycles. The fourth-order valence-electron chi connectivity index (χ4n) is 2.62. The average molecular weight is 417 g/mol. The number of anilines is 2. The maximum absolute atomic E-state index is 14.4. The number of pyridine rings is 1. The Hall–Kier alpha value is -2.39. The van der Waals surface area contributed by atoms with Crippen LogP contribution in [0.1, 0.15) is 37.1 Å². The Kier molecular flexibility index (Phi) is 5.24. The molecular weight excluding hydrogens is 400 g/mol. The standard InChI is InChI=1S/C18H17ClF4N4O/c1-9(26-16(28)17(24)4-5-17)15-13(20)7-11(8-25-15)27-14-3-2-10(19)6-12(14)18(21,22)23/h2-3,6-9,27H,4-5,24H2,1H3,(H,26,28). The predicted octanol–water partition coefficient (Wildman–Crippen LogP) is 4.31. The van der Waals surface area contributed by atoms with Crippen molar-refractivity contribution < 1.29 is 22.4 Å². The van der Waals surface area contributed by atoms with Gasteiger partial charge in [-0.2, -0.15) is 13.2 Å². The van der Waals surface area contributed by atoms with E-state index in [1.165, 1.54) is 12.3 Å². The zero-order valence-electron chi connectivity index (χ0n) is 14.7. The molecule has 1 aromatic heterocycles. The summed E-state index contributed by atoms with van der Waals surface area (Å²) >= 11 is 5.64. The summed E-state index contributed by atoms with van der Waals surface area (Å²) in [7, 11) is 0. The van der Waals surface area contributed by atoms with Crippen LogP contribution in [0, 0.1) is 5.82 Å². The summed E-state index contributed by atoms with van der Waals surface area (Å²) in [5, 5.41) is 5.02. The number of hydrogen-bond acceptors (Lipinski definition) is 4. The molecule has 1 aromatic carbocycles. The van der Waals surface area contributed by atoms with Gasteiger partial charge >= 0.3 is 6.18 Å². The van der Waals surface area contributed by atoms with Crippen molar-refractivity contribution in [2.75, 3.05) is 5.32 Å². The van der Waals surface area contributed by atoms with Crippen molar-refractivity contribution in [1.29, 1.82) is 0 Å². The van der Waals surface area contributed by atoms with Crippen LogP contribution in [0.5, 0.6) is 0 Å². The van der Waals surface area contributed by atoms with E-state index in [0.29, 0.717) is 12.8 Å². The van der Waals surface area contributed by atoms with Crippen LogP contribution in [0.4, 0.5) is 28.9 Å². The van der Waals surface area contributed by atoms with Crippen molar-refractivity contribution in [3.8, 4) is 0 Å². The van der Waals surface area contributed by atoms with Crippen LogP contribution in [0.15, 0.2) is 30.5 Å². The lowest BCUT2D eigenvalue weighted by Gasteiger charge is -2.18. The van der Waals surface area contributed by atoms with Crippen LogP contribution in [-0.4, -0.2) is 16.4 Å². The fraction of sp³-hybridized carbons (Fsp3) is 0.333. The maximum atomic E-state index is 14.4. The van der Waals surface area contributed by atoms with Crippen molar-refractivity contribution in [3.05, 3.63) is 52.6 Å². The smallest absolute Gasteiger partial charge is 0.354 e. The summed E-state index contributed by atoms with van der Waals surface area (Å²) in [6.07, 6.45) is -2.33. The minimum atomic E-state index is -4.64. The maximum Gasteiger partial charge on any atom is 0.418 e. The molecule has 1 saturated carbocycles. The third-order valence-electron chi connectivity index (χ3n) is 4.43. The van der Waals surface area contributed by atoms with Gasteiger partial charge in [0, 0.05) is 11.1 Å². The molecule has 1 atom stereocenters. The van der Waals surface area contributed by atoms with Crippen LogP contribution < -0.4 is 16.4 Å². The second-order valence-corrected chi connectivity index (χ2v) is 7.19. The molecule has 1 fully saturated rings. The Morgan fingerprint density at radius 1 is 1.32 bits per heavy atom.